The average Bonchev–Trinajstić information content (AvgIpc) is 3.16. The van der Waals surface area contributed by atoms with Crippen molar-refractivity contribution in [2.45, 2.75) is 43.2 Å². The molecule has 0 saturated carbocycles. The maximum atomic E-state index is 13.3. The van der Waals surface area contributed by atoms with Gasteiger partial charge in [0.2, 0.25) is 11.8 Å². The molecule has 2 aliphatic rings. The summed E-state index contributed by atoms with van der Waals surface area (Å²) in [5.41, 5.74) is -4.46. The summed E-state index contributed by atoms with van der Waals surface area (Å²) in [4.78, 5) is 2.87. The molecule has 7 nitrogen and oxygen atoms in total. The number of fused-ring (bicyclic) bond motifs is 5. The van der Waals surface area contributed by atoms with Crippen LogP contribution >= 0.6 is 0 Å². The van der Waals surface area contributed by atoms with Gasteiger partial charge in [0, 0.05) is 19.4 Å². The van der Waals surface area contributed by atoms with Crippen LogP contribution in [0.5, 0.6) is 11.8 Å². The Hall–Kier alpha value is -2.74. The van der Waals surface area contributed by atoms with Crippen LogP contribution in [-0.2, 0) is 22.1 Å². The van der Waals surface area contributed by atoms with E-state index in [0.29, 0.717) is 6.07 Å². The van der Waals surface area contributed by atoms with Gasteiger partial charge >= 0.3 is 6.18 Å². The van der Waals surface area contributed by atoms with Crippen LogP contribution in [0.3, 0.4) is 0 Å². The lowest BCUT2D eigenvalue weighted by Gasteiger charge is -2.26. The fraction of sp³-hybridized carbons (Fsp3) is 0.421. The van der Waals surface area contributed by atoms with Crippen LogP contribution in [0.2, 0.25) is 0 Å². The van der Waals surface area contributed by atoms with Crippen molar-refractivity contribution < 1.29 is 38.3 Å². The van der Waals surface area contributed by atoms with E-state index >= 15 is 0 Å². The normalized spacial score (nSPS) is 27.8. The first-order chi connectivity index (χ1) is 13.5. The summed E-state index contributed by atoms with van der Waals surface area (Å²) in [5, 5.41) is 41.5. The molecule has 1 aromatic heterocycles. The first-order valence-electron chi connectivity index (χ1n) is 8.76. The number of benzene rings is 1. The Labute approximate surface area is 163 Å². The van der Waals surface area contributed by atoms with E-state index in [1.165, 1.54) is 13.0 Å². The van der Waals surface area contributed by atoms with Gasteiger partial charge in [-0.1, -0.05) is 6.07 Å². The maximum Gasteiger partial charge on any atom is 0.407 e. The van der Waals surface area contributed by atoms with Gasteiger partial charge in [0.05, 0.1) is 35.1 Å². The van der Waals surface area contributed by atoms with E-state index in [1.807, 2.05) is 0 Å². The molecular formula is C19H17F3N2O5. The highest BCUT2D eigenvalue weighted by atomic mass is 19.4. The summed E-state index contributed by atoms with van der Waals surface area (Å²) in [6.07, 6.45) is -5.77. The van der Waals surface area contributed by atoms with Crippen molar-refractivity contribution in [3.05, 3.63) is 46.3 Å². The van der Waals surface area contributed by atoms with Crippen LogP contribution in [0.4, 0.5) is 18.9 Å². The number of aromatic nitrogens is 1. The van der Waals surface area contributed by atoms with Gasteiger partial charge in [0.1, 0.15) is 11.2 Å². The Kier molecular flexibility index (Phi) is 3.97. The molecule has 0 aliphatic carbocycles. The smallest absolute Gasteiger partial charge is 0.407 e. The van der Waals surface area contributed by atoms with E-state index in [4.69, 9.17) is 11.3 Å². The molecule has 0 radical (unpaired) electrons. The molecular weight excluding hydrogens is 393 g/mol. The number of aliphatic hydroxyl groups excluding tert-OH is 2. The predicted octanol–water partition coefficient (Wildman–Crippen LogP) is 3.05. The summed E-state index contributed by atoms with van der Waals surface area (Å²) in [5.74, 6) is -1.10. The van der Waals surface area contributed by atoms with Crippen LogP contribution in [0.15, 0.2) is 18.2 Å². The molecule has 29 heavy (non-hydrogen) atoms. The molecule has 2 unspecified atom stereocenters. The van der Waals surface area contributed by atoms with Crippen LogP contribution in [0.25, 0.3) is 10.5 Å². The number of aromatic hydroxyl groups is 2. The first-order valence-corrected chi connectivity index (χ1v) is 8.76. The number of halogens is 3. The monoisotopic (exact) mass is 410 g/mol. The third kappa shape index (κ3) is 2.41. The molecule has 1 saturated heterocycles. The third-order valence-corrected chi connectivity index (χ3v) is 5.82. The zero-order valence-electron chi connectivity index (χ0n) is 15.2. The molecule has 1 aromatic carbocycles. The van der Waals surface area contributed by atoms with E-state index in [0.717, 1.165) is 10.6 Å². The quantitative estimate of drug-likeness (QED) is 0.583. The highest BCUT2D eigenvalue weighted by molar-refractivity contribution is 5.64. The molecule has 4 rings (SSSR count). The third-order valence-electron chi connectivity index (χ3n) is 5.82. The van der Waals surface area contributed by atoms with Crippen molar-refractivity contribution in [2.24, 2.45) is 0 Å². The van der Waals surface area contributed by atoms with Gasteiger partial charge in [-0.2, -0.15) is 13.2 Å². The van der Waals surface area contributed by atoms with Gasteiger partial charge in [-0.3, -0.25) is 4.57 Å². The molecule has 10 heteroatoms. The van der Waals surface area contributed by atoms with Gasteiger partial charge in [-0.05, 0) is 19.1 Å². The zero-order chi connectivity index (χ0) is 21.4. The van der Waals surface area contributed by atoms with Crippen molar-refractivity contribution in [2.75, 3.05) is 6.61 Å². The van der Waals surface area contributed by atoms with Crippen LogP contribution < -0.4 is 0 Å². The van der Waals surface area contributed by atoms with E-state index in [1.54, 1.807) is 0 Å². The topological polar surface area (TPSA) is 99.4 Å². The SMILES string of the molecule is [C-]#[N+]c1ccc(-n2c(O)c3c(c2O)C2(C)OC3(CCO)C[C@H]2O)cc1C(F)(F)F. The Morgan fingerprint density at radius 1 is 1.28 bits per heavy atom. The van der Waals surface area contributed by atoms with Crippen LogP contribution in [-0.4, -0.2) is 37.7 Å². The van der Waals surface area contributed by atoms with E-state index in [9.17, 15) is 33.6 Å². The van der Waals surface area contributed by atoms with E-state index in [2.05, 4.69) is 4.85 Å². The Balaban J connectivity index is 1.97. The molecule has 2 bridgehead atoms. The second-order valence-corrected chi connectivity index (χ2v) is 7.44. The number of aliphatic hydroxyl groups is 2. The number of rotatable bonds is 3. The molecule has 0 amide bonds. The molecule has 0 spiro atoms. The van der Waals surface area contributed by atoms with Crippen molar-refractivity contribution in [3.8, 4) is 17.4 Å². The first kappa shape index (κ1) is 19.6. The van der Waals surface area contributed by atoms with Crippen LogP contribution in [0.1, 0.15) is 36.5 Å². The minimum atomic E-state index is -4.81. The van der Waals surface area contributed by atoms with Crippen molar-refractivity contribution in [3.63, 3.8) is 0 Å². The molecule has 1 fully saturated rings. The van der Waals surface area contributed by atoms with Crippen LogP contribution in [0, 0.1) is 6.57 Å². The van der Waals surface area contributed by atoms with Gasteiger partial charge in [0.25, 0.3) is 0 Å². The standard InChI is InChI=1S/C19H17F3N2O5/c1-17-12(26)8-18(29-17,5-6-25)14-13(17)15(27)24(16(14)28)9-3-4-11(23-2)10(7-9)19(20,21)22/h3-4,7,12,25-28H,5-6,8H2,1H3/t12-,17?,18?/m1/s1. The molecule has 3 atom stereocenters. The lowest BCUT2D eigenvalue weighted by atomic mass is 9.76. The predicted molar refractivity (Wildman–Crippen MR) is 92.8 cm³/mol. The minimum Gasteiger partial charge on any atom is -0.494 e. The summed E-state index contributed by atoms with van der Waals surface area (Å²) < 4.78 is 46.8. The van der Waals surface area contributed by atoms with Gasteiger partial charge in [0.15, 0.2) is 5.69 Å². The Morgan fingerprint density at radius 3 is 2.52 bits per heavy atom. The highest BCUT2D eigenvalue weighted by Crippen LogP contribution is 2.65. The average molecular weight is 410 g/mol. The summed E-state index contributed by atoms with van der Waals surface area (Å²) >= 11 is 0. The fourth-order valence-corrected chi connectivity index (χ4v) is 4.53. The summed E-state index contributed by atoms with van der Waals surface area (Å²) in [6.45, 7) is 8.12. The number of hydrogen-bond acceptors (Lipinski definition) is 5. The van der Waals surface area contributed by atoms with Crippen molar-refractivity contribution in [1.29, 1.82) is 0 Å². The largest absolute Gasteiger partial charge is 0.494 e. The fourth-order valence-electron chi connectivity index (χ4n) is 4.53. The number of hydrogen-bond donors (Lipinski definition) is 4. The zero-order valence-corrected chi connectivity index (χ0v) is 15.2. The second kappa shape index (κ2) is 5.89. The highest BCUT2D eigenvalue weighted by Gasteiger charge is 2.65. The lowest BCUT2D eigenvalue weighted by Crippen LogP contribution is -2.33. The van der Waals surface area contributed by atoms with Crippen molar-refractivity contribution in [1.82, 2.24) is 4.57 Å². The molecule has 2 aromatic rings. The molecule has 2 aliphatic heterocycles. The van der Waals surface area contributed by atoms with Gasteiger partial charge < -0.3 is 25.2 Å². The lowest BCUT2D eigenvalue weighted by molar-refractivity contribution is -0.136. The Bertz CT molecular complexity index is 1060. The number of nitrogens with zero attached hydrogens (tertiary/aromatic N) is 2. The molecule has 154 valence electrons. The molecule has 4 N–H and O–H groups in total. The molecule has 3 heterocycles. The Morgan fingerprint density at radius 2 is 1.93 bits per heavy atom. The maximum absolute atomic E-state index is 13.3. The van der Waals surface area contributed by atoms with Crippen molar-refractivity contribution >= 4 is 5.69 Å². The van der Waals surface area contributed by atoms with E-state index < -0.39 is 46.5 Å². The summed E-state index contributed by atoms with van der Waals surface area (Å²) in [7, 11) is 0. The number of alkyl halides is 3. The van der Waals surface area contributed by atoms with E-state index in [-0.39, 0.29) is 36.3 Å². The number of ether oxygens (including phenoxy) is 1. The summed E-state index contributed by atoms with van der Waals surface area (Å²) in [6, 6.07) is 2.81. The van der Waals surface area contributed by atoms with Gasteiger partial charge in [-0.15, -0.1) is 0 Å². The van der Waals surface area contributed by atoms with Gasteiger partial charge in [-0.25, -0.2) is 4.85 Å². The second-order valence-electron chi connectivity index (χ2n) is 7.44. The minimum absolute atomic E-state index is 0.0219.